The molecule has 1 N–H and O–H groups in total. The molecule has 98 valence electrons. The van der Waals surface area contributed by atoms with Gasteiger partial charge >= 0.3 is 0 Å². The molecule has 1 aliphatic heterocycles. The summed E-state index contributed by atoms with van der Waals surface area (Å²) in [4.78, 5) is 15.7. The van der Waals surface area contributed by atoms with E-state index in [0.29, 0.717) is 6.54 Å². The first kappa shape index (κ1) is 13.4. The molecule has 18 heavy (non-hydrogen) atoms. The predicted octanol–water partition coefficient (Wildman–Crippen LogP) is 1.61. The van der Waals surface area contributed by atoms with Crippen molar-refractivity contribution in [2.75, 3.05) is 31.6 Å². The Kier molecular flexibility index (Phi) is 4.24. The number of anilines is 1. The maximum absolute atomic E-state index is 11.9. The summed E-state index contributed by atoms with van der Waals surface area (Å²) in [6, 6.07) is 5.74. The van der Waals surface area contributed by atoms with E-state index in [9.17, 15) is 4.79 Å². The van der Waals surface area contributed by atoms with Crippen molar-refractivity contribution in [2.24, 2.45) is 0 Å². The average Bonchev–Trinajstić information content (AvgIpc) is 2.52. The van der Waals surface area contributed by atoms with Gasteiger partial charge in [-0.05, 0) is 40.0 Å². The number of hydrogen-bond donors (Lipinski definition) is 1. The number of aliphatic hydroxyl groups is 1. The molecule has 1 amide bonds. The molecule has 0 atom stereocenters. The van der Waals surface area contributed by atoms with E-state index in [-0.39, 0.29) is 12.5 Å². The van der Waals surface area contributed by atoms with E-state index in [1.165, 1.54) is 0 Å². The number of halogens is 1. The number of nitrogens with zero attached hydrogens (tertiary/aromatic N) is 2. The molecule has 1 heterocycles. The zero-order chi connectivity index (χ0) is 13.1. The van der Waals surface area contributed by atoms with Crippen LogP contribution in [0.5, 0.6) is 0 Å². The quantitative estimate of drug-likeness (QED) is 0.902. The number of carbonyl (C=O) groups is 1. The summed E-state index contributed by atoms with van der Waals surface area (Å²) in [6.07, 6.45) is 0.969. The molecule has 1 aliphatic rings. The Hall–Kier alpha value is -1.07. The van der Waals surface area contributed by atoms with Gasteiger partial charge in [-0.25, -0.2) is 0 Å². The highest BCUT2D eigenvalue weighted by Gasteiger charge is 2.20. The Bertz CT molecular complexity index is 451. The van der Waals surface area contributed by atoms with Gasteiger partial charge in [-0.1, -0.05) is 6.07 Å². The van der Waals surface area contributed by atoms with Crippen LogP contribution in [0.3, 0.4) is 0 Å². The van der Waals surface area contributed by atoms with Gasteiger partial charge in [0, 0.05) is 24.6 Å². The molecule has 4 nitrogen and oxygen atoms in total. The molecule has 5 heteroatoms. The molecule has 0 bridgehead atoms. The highest BCUT2D eigenvalue weighted by atomic mass is 79.9. The van der Waals surface area contributed by atoms with Crippen molar-refractivity contribution in [3.05, 3.63) is 28.2 Å². The van der Waals surface area contributed by atoms with Crippen LogP contribution in [0.1, 0.15) is 12.0 Å². The maximum Gasteiger partial charge on any atom is 0.241 e. The first-order valence-electron chi connectivity index (χ1n) is 6.00. The lowest BCUT2D eigenvalue weighted by atomic mass is 10.2. The SMILES string of the molecule is CN1CCCN(c2ccc(CO)cc2Br)CC1=O. The van der Waals surface area contributed by atoms with Crippen LogP contribution in [0.15, 0.2) is 22.7 Å². The summed E-state index contributed by atoms with van der Waals surface area (Å²) in [5.74, 6) is 0.144. The van der Waals surface area contributed by atoms with Gasteiger partial charge in [-0.15, -0.1) is 0 Å². The molecule has 1 fully saturated rings. The van der Waals surface area contributed by atoms with Crippen LogP contribution in [0.4, 0.5) is 5.69 Å². The van der Waals surface area contributed by atoms with Crippen molar-refractivity contribution < 1.29 is 9.90 Å². The second-order valence-corrected chi connectivity index (χ2v) is 5.39. The Morgan fingerprint density at radius 2 is 2.17 bits per heavy atom. The highest BCUT2D eigenvalue weighted by molar-refractivity contribution is 9.10. The molecule has 0 radical (unpaired) electrons. The van der Waals surface area contributed by atoms with E-state index in [2.05, 4.69) is 20.8 Å². The second kappa shape index (κ2) is 5.71. The number of likely N-dealkylation sites (N-methyl/N-ethyl adjacent to an activating group) is 1. The van der Waals surface area contributed by atoms with Crippen LogP contribution >= 0.6 is 15.9 Å². The minimum atomic E-state index is 0.0283. The maximum atomic E-state index is 11.9. The van der Waals surface area contributed by atoms with E-state index in [0.717, 1.165) is 35.2 Å². The molecule has 1 saturated heterocycles. The average molecular weight is 313 g/mol. The van der Waals surface area contributed by atoms with E-state index in [1.54, 1.807) is 4.90 Å². The Morgan fingerprint density at radius 3 is 2.83 bits per heavy atom. The summed E-state index contributed by atoms with van der Waals surface area (Å²) in [5.41, 5.74) is 1.87. The first-order chi connectivity index (χ1) is 8.61. The minimum absolute atomic E-state index is 0.0283. The minimum Gasteiger partial charge on any atom is -0.392 e. The normalized spacial score (nSPS) is 16.9. The third kappa shape index (κ3) is 2.84. The fourth-order valence-electron chi connectivity index (χ4n) is 2.10. The van der Waals surface area contributed by atoms with Crippen LogP contribution in [0.2, 0.25) is 0 Å². The van der Waals surface area contributed by atoms with Crippen molar-refractivity contribution in [3.63, 3.8) is 0 Å². The van der Waals surface area contributed by atoms with Crippen molar-refractivity contribution in [2.45, 2.75) is 13.0 Å². The molecule has 0 aromatic heterocycles. The molecule has 0 saturated carbocycles. The van der Waals surface area contributed by atoms with Gasteiger partial charge in [0.15, 0.2) is 0 Å². The molecule has 1 aromatic carbocycles. The lowest BCUT2D eigenvalue weighted by molar-refractivity contribution is -0.127. The number of aliphatic hydroxyl groups excluding tert-OH is 1. The zero-order valence-corrected chi connectivity index (χ0v) is 12.0. The van der Waals surface area contributed by atoms with Gasteiger partial charge in [-0.3, -0.25) is 4.79 Å². The Balaban J connectivity index is 2.22. The summed E-state index contributed by atoms with van der Waals surface area (Å²) in [5, 5.41) is 9.09. The van der Waals surface area contributed by atoms with E-state index < -0.39 is 0 Å². The van der Waals surface area contributed by atoms with Crippen LogP contribution < -0.4 is 4.90 Å². The van der Waals surface area contributed by atoms with E-state index in [1.807, 2.05) is 25.2 Å². The lowest BCUT2D eigenvalue weighted by Crippen LogP contribution is -2.34. The molecule has 0 spiro atoms. The lowest BCUT2D eigenvalue weighted by Gasteiger charge is -2.23. The van der Waals surface area contributed by atoms with Gasteiger partial charge in [-0.2, -0.15) is 0 Å². The summed E-state index contributed by atoms with van der Waals surface area (Å²) >= 11 is 3.51. The number of rotatable bonds is 2. The predicted molar refractivity (Wildman–Crippen MR) is 74.5 cm³/mol. The van der Waals surface area contributed by atoms with E-state index in [4.69, 9.17) is 5.11 Å². The van der Waals surface area contributed by atoms with Crippen molar-refractivity contribution >= 4 is 27.5 Å². The zero-order valence-electron chi connectivity index (χ0n) is 10.4. The van der Waals surface area contributed by atoms with Crippen molar-refractivity contribution in [3.8, 4) is 0 Å². The molecule has 0 aliphatic carbocycles. The third-order valence-electron chi connectivity index (χ3n) is 3.21. The highest BCUT2D eigenvalue weighted by Crippen LogP contribution is 2.28. The van der Waals surface area contributed by atoms with Crippen LogP contribution in [0, 0.1) is 0 Å². The topological polar surface area (TPSA) is 43.8 Å². The van der Waals surface area contributed by atoms with Gasteiger partial charge in [0.1, 0.15) is 0 Å². The van der Waals surface area contributed by atoms with Crippen LogP contribution in [0.25, 0.3) is 0 Å². The fourth-order valence-corrected chi connectivity index (χ4v) is 2.77. The number of amides is 1. The van der Waals surface area contributed by atoms with Gasteiger partial charge < -0.3 is 14.9 Å². The molecule has 0 unspecified atom stereocenters. The third-order valence-corrected chi connectivity index (χ3v) is 3.84. The molecular formula is C13H17BrN2O2. The van der Waals surface area contributed by atoms with Gasteiger partial charge in [0.2, 0.25) is 5.91 Å². The van der Waals surface area contributed by atoms with Crippen molar-refractivity contribution in [1.29, 1.82) is 0 Å². The molecular weight excluding hydrogens is 296 g/mol. The standard InChI is InChI=1S/C13H17BrN2O2/c1-15-5-2-6-16(8-13(15)18)12-4-3-10(9-17)7-11(12)14/h3-4,7,17H,2,5-6,8-9H2,1H3. The second-order valence-electron chi connectivity index (χ2n) is 4.53. The molecule has 2 rings (SSSR count). The monoisotopic (exact) mass is 312 g/mol. The Labute approximate surface area is 115 Å². The van der Waals surface area contributed by atoms with Gasteiger partial charge in [0.25, 0.3) is 0 Å². The number of hydrogen-bond acceptors (Lipinski definition) is 3. The summed E-state index contributed by atoms with van der Waals surface area (Å²) in [7, 11) is 1.84. The van der Waals surface area contributed by atoms with Gasteiger partial charge in [0.05, 0.1) is 18.8 Å². The summed E-state index contributed by atoms with van der Waals surface area (Å²) < 4.78 is 0.923. The number of benzene rings is 1. The van der Waals surface area contributed by atoms with Crippen LogP contribution in [-0.4, -0.2) is 42.6 Å². The Morgan fingerprint density at radius 1 is 1.39 bits per heavy atom. The van der Waals surface area contributed by atoms with E-state index >= 15 is 0 Å². The largest absolute Gasteiger partial charge is 0.392 e. The number of carbonyl (C=O) groups excluding carboxylic acids is 1. The van der Waals surface area contributed by atoms with Crippen LogP contribution in [-0.2, 0) is 11.4 Å². The summed E-state index contributed by atoms with van der Waals surface area (Å²) in [6.45, 7) is 2.11. The molecule has 1 aromatic rings. The first-order valence-corrected chi connectivity index (χ1v) is 6.79. The fraction of sp³-hybridized carbons (Fsp3) is 0.462. The smallest absolute Gasteiger partial charge is 0.241 e. The van der Waals surface area contributed by atoms with Crippen molar-refractivity contribution in [1.82, 2.24) is 4.90 Å².